The molecule has 1 N–H and O–H groups in total. The van der Waals surface area contributed by atoms with Crippen molar-refractivity contribution in [2.45, 2.75) is 88.3 Å². The van der Waals surface area contributed by atoms with E-state index in [2.05, 4.69) is 22.9 Å². The van der Waals surface area contributed by atoms with Crippen LogP contribution in [0.5, 0.6) is 0 Å². The Morgan fingerprint density at radius 2 is 1.33 bits per heavy atom. The number of halogens is 1. The largest absolute Gasteiger partial charge is 0.480 e. The summed E-state index contributed by atoms with van der Waals surface area (Å²) in [5.74, 6) is -0.791. The molecule has 0 amide bonds. The van der Waals surface area contributed by atoms with Gasteiger partial charge >= 0.3 is 5.97 Å². The minimum Gasteiger partial charge on any atom is -0.480 e. The summed E-state index contributed by atoms with van der Waals surface area (Å²) in [6, 6.07) is 9.49. The molecule has 0 saturated carbocycles. The lowest BCUT2D eigenvalue weighted by Gasteiger charge is -2.23. The molecule has 1 rings (SSSR count). The molecule has 0 heterocycles. The highest BCUT2D eigenvalue weighted by Gasteiger charge is 2.36. The van der Waals surface area contributed by atoms with Crippen LogP contribution in [0.1, 0.15) is 89.5 Å². The fraction of sp³-hybridized carbons (Fsp3) is 0.667. The molecular formula is C21H33BrO2. The molecule has 1 aromatic carbocycles. The van der Waals surface area contributed by atoms with Gasteiger partial charge in [-0.1, -0.05) is 124 Å². The minimum absolute atomic E-state index is 0.642. The number of unbranched alkanes of at least 4 members (excludes halogenated alkanes) is 10. The monoisotopic (exact) mass is 396 g/mol. The first-order chi connectivity index (χ1) is 11.6. The van der Waals surface area contributed by atoms with Crippen LogP contribution in [0.3, 0.4) is 0 Å². The molecule has 1 aromatic rings. The van der Waals surface area contributed by atoms with Gasteiger partial charge in [0.05, 0.1) is 0 Å². The van der Waals surface area contributed by atoms with Crippen molar-refractivity contribution in [2.24, 2.45) is 0 Å². The Labute approximate surface area is 156 Å². The van der Waals surface area contributed by atoms with Crippen molar-refractivity contribution in [1.29, 1.82) is 0 Å². The van der Waals surface area contributed by atoms with E-state index in [1.54, 1.807) is 0 Å². The molecule has 0 spiro atoms. The Morgan fingerprint density at radius 1 is 0.875 bits per heavy atom. The highest BCUT2D eigenvalue weighted by molar-refractivity contribution is 9.10. The molecular weight excluding hydrogens is 364 g/mol. The molecule has 1 unspecified atom stereocenters. The zero-order chi connectivity index (χ0) is 17.7. The molecule has 0 fully saturated rings. The standard InChI is InChI=1S/C21H33BrO2/c1-2-3-4-5-6-7-8-9-10-11-15-18-21(22,20(23)24)19-16-13-12-14-17-19/h12-14,16-17H,2-11,15,18H2,1H3,(H,23,24). The van der Waals surface area contributed by atoms with E-state index >= 15 is 0 Å². The van der Waals surface area contributed by atoms with Crippen molar-refractivity contribution < 1.29 is 9.90 Å². The molecule has 0 aliphatic rings. The van der Waals surface area contributed by atoms with Gasteiger partial charge in [-0.15, -0.1) is 0 Å². The third kappa shape index (κ3) is 7.83. The molecule has 0 saturated heterocycles. The van der Waals surface area contributed by atoms with Crippen LogP contribution in [-0.2, 0) is 9.12 Å². The van der Waals surface area contributed by atoms with Crippen LogP contribution in [0, 0.1) is 0 Å². The third-order valence-corrected chi connectivity index (χ3v) is 5.89. The highest BCUT2D eigenvalue weighted by atomic mass is 79.9. The first-order valence-electron chi connectivity index (χ1n) is 9.59. The normalized spacial score (nSPS) is 13.6. The van der Waals surface area contributed by atoms with Crippen LogP contribution in [0.4, 0.5) is 0 Å². The molecule has 0 bridgehead atoms. The van der Waals surface area contributed by atoms with E-state index < -0.39 is 10.3 Å². The van der Waals surface area contributed by atoms with E-state index in [0.29, 0.717) is 6.42 Å². The second-order valence-corrected chi connectivity index (χ2v) is 8.11. The van der Waals surface area contributed by atoms with Crippen molar-refractivity contribution in [3.8, 4) is 0 Å². The van der Waals surface area contributed by atoms with E-state index in [4.69, 9.17) is 0 Å². The van der Waals surface area contributed by atoms with Crippen LogP contribution in [0.2, 0.25) is 0 Å². The molecule has 0 aliphatic heterocycles. The Bertz CT molecular complexity index is 446. The fourth-order valence-electron chi connectivity index (χ4n) is 3.11. The number of alkyl halides is 1. The molecule has 24 heavy (non-hydrogen) atoms. The van der Waals surface area contributed by atoms with E-state index in [9.17, 15) is 9.90 Å². The molecule has 3 heteroatoms. The average Bonchev–Trinajstić information content (AvgIpc) is 2.60. The maximum Gasteiger partial charge on any atom is 0.325 e. The Kier molecular flexibility index (Phi) is 11.1. The van der Waals surface area contributed by atoms with Crippen molar-refractivity contribution >= 4 is 21.9 Å². The van der Waals surface area contributed by atoms with Gasteiger partial charge in [-0.05, 0) is 12.0 Å². The van der Waals surface area contributed by atoms with Gasteiger partial charge in [-0.3, -0.25) is 4.79 Å². The van der Waals surface area contributed by atoms with Crippen LogP contribution in [0.25, 0.3) is 0 Å². The van der Waals surface area contributed by atoms with Crippen molar-refractivity contribution in [1.82, 2.24) is 0 Å². The Morgan fingerprint density at radius 3 is 1.79 bits per heavy atom. The summed E-state index contributed by atoms with van der Waals surface area (Å²) >= 11 is 3.48. The van der Waals surface area contributed by atoms with Gasteiger partial charge in [-0.25, -0.2) is 0 Å². The Hall–Kier alpha value is -0.830. The van der Waals surface area contributed by atoms with Gasteiger partial charge in [0.15, 0.2) is 0 Å². The van der Waals surface area contributed by atoms with E-state index in [1.165, 1.54) is 57.8 Å². The van der Waals surface area contributed by atoms with Crippen molar-refractivity contribution in [3.63, 3.8) is 0 Å². The number of carboxylic acids is 1. The maximum atomic E-state index is 11.7. The molecule has 136 valence electrons. The zero-order valence-electron chi connectivity index (χ0n) is 15.1. The number of hydrogen-bond donors (Lipinski definition) is 1. The topological polar surface area (TPSA) is 37.3 Å². The van der Waals surface area contributed by atoms with Crippen LogP contribution >= 0.6 is 15.9 Å². The SMILES string of the molecule is CCCCCCCCCCCCCC(Br)(C(=O)O)c1ccccc1. The Balaban J connectivity index is 2.15. The number of carboxylic acid groups (broad SMARTS) is 1. The summed E-state index contributed by atoms with van der Waals surface area (Å²) < 4.78 is -0.937. The predicted molar refractivity (Wildman–Crippen MR) is 106 cm³/mol. The minimum atomic E-state index is -0.937. The lowest BCUT2D eigenvalue weighted by molar-refractivity contribution is -0.140. The van der Waals surface area contributed by atoms with E-state index in [0.717, 1.165) is 18.4 Å². The van der Waals surface area contributed by atoms with Crippen molar-refractivity contribution in [2.75, 3.05) is 0 Å². The number of aliphatic carboxylic acids is 1. The lowest BCUT2D eigenvalue weighted by atomic mass is 9.92. The van der Waals surface area contributed by atoms with Gasteiger partial charge in [0.1, 0.15) is 4.32 Å². The van der Waals surface area contributed by atoms with Crippen molar-refractivity contribution in [3.05, 3.63) is 35.9 Å². The first-order valence-corrected chi connectivity index (χ1v) is 10.4. The lowest BCUT2D eigenvalue weighted by Crippen LogP contribution is -2.29. The number of rotatable bonds is 14. The molecule has 0 aromatic heterocycles. The zero-order valence-corrected chi connectivity index (χ0v) is 16.7. The van der Waals surface area contributed by atoms with Gasteiger partial charge in [0.2, 0.25) is 0 Å². The summed E-state index contributed by atoms with van der Waals surface area (Å²) in [6.07, 6.45) is 14.7. The third-order valence-electron chi connectivity index (χ3n) is 4.70. The number of carbonyl (C=O) groups is 1. The number of hydrogen-bond acceptors (Lipinski definition) is 1. The van der Waals surface area contributed by atoms with Gasteiger partial charge in [0, 0.05) is 0 Å². The maximum absolute atomic E-state index is 11.7. The summed E-state index contributed by atoms with van der Waals surface area (Å²) in [5.41, 5.74) is 0.838. The highest BCUT2D eigenvalue weighted by Crippen LogP contribution is 2.37. The fourth-order valence-corrected chi connectivity index (χ4v) is 3.65. The summed E-state index contributed by atoms with van der Waals surface area (Å²) in [6.45, 7) is 2.25. The van der Waals surface area contributed by atoms with Crippen LogP contribution in [-0.4, -0.2) is 11.1 Å². The van der Waals surface area contributed by atoms with E-state index in [-0.39, 0.29) is 0 Å². The van der Waals surface area contributed by atoms with Gasteiger partial charge < -0.3 is 5.11 Å². The molecule has 1 atom stereocenters. The quantitative estimate of drug-likeness (QED) is 0.269. The number of benzene rings is 1. The summed E-state index contributed by atoms with van der Waals surface area (Å²) in [4.78, 5) is 11.7. The molecule has 2 nitrogen and oxygen atoms in total. The summed E-state index contributed by atoms with van der Waals surface area (Å²) in [7, 11) is 0. The second-order valence-electron chi connectivity index (χ2n) is 6.76. The molecule has 0 aliphatic carbocycles. The van der Waals surface area contributed by atoms with E-state index in [1.807, 2.05) is 30.3 Å². The van der Waals surface area contributed by atoms with Crippen LogP contribution < -0.4 is 0 Å². The van der Waals surface area contributed by atoms with Gasteiger partial charge in [-0.2, -0.15) is 0 Å². The molecule has 0 radical (unpaired) electrons. The second kappa shape index (κ2) is 12.5. The van der Waals surface area contributed by atoms with Gasteiger partial charge in [0.25, 0.3) is 0 Å². The summed E-state index contributed by atoms with van der Waals surface area (Å²) in [5, 5.41) is 9.60. The average molecular weight is 397 g/mol. The van der Waals surface area contributed by atoms with Crippen LogP contribution in [0.15, 0.2) is 30.3 Å². The predicted octanol–water partition coefficient (Wildman–Crippen LogP) is 7.06. The smallest absolute Gasteiger partial charge is 0.325 e. The first kappa shape index (κ1) is 21.2.